The molecule has 1 unspecified atom stereocenters. The van der Waals surface area contributed by atoms with Crippen molar-refractivity contribution in [3.05, 3.63) is 29.3 Å². The van der Waals surface area contributed by atoms with E-state index in [9.17, 15) is 0 Å². The summed E-state index contributed by atoms with van der Waals surface area (Å²) in [5.41, 5.74) is 4.04. The minimum absolute atomic E-state index is 0.564. The van der Waals surface area contributed by atoms with Gasteiger partial charge in [0.1, 0.15) is 0 Å². The molecule has 1 aromatic carbocycles. The van der Waals surface area contributed by atoms with Gasteiger partial charge in [-0.05, 0) is 38.1 Å². The Morgan fingerprint density at radius 2 is 2.17 bits per heavy atom. The van der Waals surface area contributed by atoms with Crippen LogP contribution in [0, 0.1) is 13.8 Å². The summed E-state index contributed by atoms with van der Waals surface area (Å²) in [7, 11) is 4.39. The molecule has 0 amide bonds. The third kappa shape index (κ3) is 3.24. The molecule has 3 nitrogen and oxygen atoms in total. The molecule has 100 valence electrons. The molecule has 1 aliphatic rings. The molecule has 1 aliphatic heterocycles. The van der Waals surface area contributed by atoms with E-state index in [1.807, 2.05) is 0 Å². The van der Waals surface area contributed by atoms with E-state index < -0.39 is 0 Å². The van der Waals surface area contributed by atoms with Crippen LogP contribution in [0.1, 0.15) is 11.1 Å². The highest BCUT2D eigenvalue weighted by Crippen LogP contribution is 2.20. The van der Waals surface area contributed by atoms with Gasteiger partial charge >= 0.3 is 0 Å². The van der Waals surface area contributed by atoms with Crippen LogP contribution in [-0.2, 0) is 0 Å². The molecular weight excluding hydrogens is 222 g/mol. The van der Waals surface area contributed by atoms with Crippen molar-refractivity contribution in [1.29, 1.82) is 0 Å². The molecule has 0 saturated carbocycles. The standard InChI is InChI=1S/C15H25N3/c1-12-5-6-13(2)15(9-12)18(4)11-14-10-17(3)8-7-16-14/h5-6,9,14,16H,7-8,10-11H2,1-4H3. The number of piperazine rings is 1. The van der Waals surface area contributed by atoms with E-state index >= 15 is 0 Å². The number of nitrogens with zero attached hydrogens (tertiary/aromatic N) is 2. The predicted molar refractivity (Wildman–Crippen MR) is 78.5 cm³/mol. The Bertz CT molecular complexity index is 403. The van der Waals surface area contributed by atoms with Gasteiger partial charge in [-0.2, -0.15) is 0 Å². The average molecular weight is 247 g/mol. The first-order chi connectivity index (χ1) is 8.56. The lowest BCUT2D eigenvalue weighted by atomic mass is 10.1. The second-order valence-electron chi connectivity index (χ2n) is 5.58. The molecule has 1 heterocycles. The third-order valence-electron chi connectivity index (χ3n) is 3.73. The molecule has 0 radical (unpaired) electrons. The number of aryl methyl sites for hydroxylation is 2. The summed E-state index contributed by atoms with van der Waals surface area (Å²) in [6.07, 6.45) is 0. The van der Waals surface area contributed by atoms with Crippen LogP contribution < -0.4 is 10.2 Å². The Morgan fingerprint density at radius 1 is 1.39 bits per heavy atom. The van der Waals surface area contributed by atoms with Gasteiger partial charge in [-0.1, -0.05) is 12.1 Å². The van der Waals surface area contributed by atoms with Gasteiger partial charge < -0.3 is 15.1 Å². The molecule has 1 N–H and O–H groups in total. The molecule has 0 bridgehead atoms. The summed E-state index contributed by atoms with van der Waals surface area (Å²) < 4.78 is 0. The van der Waals surface area contributed by atoms with Crippen molar-refractivity contribution in [1.82, 2.24) is 10.2 Å². The molecule has 0 aliphatic carbocycles. The lowest BCUT2D eigenvalue weighted by Crippen LogP contribution is -2.53. The van der Waals surface area contributed by atoms with Crippen LogP contribution in [0.2, 0.25) is 0 Å². The summed E-state index contributed by atoms with van der Waals surface area (Å²) in [5.74, 6) is 0. The van der Waals surface area contributed by atoms with Crippen molar-refractivity contribution in [3.8, 4) is 0 Å². The third-order valence-corrected chi connectivity index (χ3v) is 3.73. The van der Waals surface area contributed by atoms with Gasteiger partial charge in [0.05, 0.1) is 0 Å². The van der Waals surface area contributed by atoms with Crippen molar-refractivity contribution in [2.24, 2.45) is 0 Å². The number of hydrogen-bond donors (Lipinski definition) is 1. The van der Waals surface area contributed by atoms with E-state index in [0.717, 1.165) is 26.2 Å². The highest BCUT2D eigenvalue weighted by Gasteiger charge is 2.18. The van der Waals surface area contributed by atoms with Crippen molar-refractivity contribution < 1.29 is 0 Å². The lowest BCUT2D eigenvalue weighted by Gasteiger charge is -2.34. The van der Waals surface area contributed by atoms with Gasteiger partial charge in [-0.15, -0.1) is 0 Å². The van der Waals surface area contributed by atoms with Gasteiger partial charge in [0.25, 0.3) is 0 Å². The Kier molecular flexibility index (Phi) is 4.25. The van der Waals surface area contributed by atoms with Crippen LogP contribution in [0.15, 0.2) is 18.2 Å². The molecule has 1 saturated heterocycles. The highest BCUT2D eigenvalue weighted by molar-refractivity contribution is 5.54. The van der Waals surface area contributed by atoms with Gasteiger partial charge in [0, 0.05) is 45.0 Å². The van der Waals surface area contributed by atoms with Crippen LogP contribution >= 0.6 is 0 Å². The molecule has 1 atom stereocenters. The summed E-state index contributed by atoms with van der Waals surface area (Å²) in [6.45, 7) is 8.80. The van der Waals surface area contributed by atoms with Crippen LogP contribution in [0.4, 0.5) is 5.69 Å². The molecule has 0 spiro atoms. The first-order valence-corrected chi connectivity index (χ1v) is 6.76. The normalized spacial score (nSPS) is 21.0. The number of anilines is 1. The number of hydrogen-bond acceptors (Lipinski definition) is 3. The van der Waals surface area contributed by atoms with Crippen LogP contribution in [0.25, 0.3) is 0 Å². The molecular formula is C15H25N3. The lowest BCUT2D eigenvalue weighted by molar-refractivity contribution is 0.241. The summed E-state index contributed by atoms with van der Waals surface area (Å²) in [5, 5.41) is 3.60. The average Bonchev–Trinajstić information content (AvgIpc) is 2.32. The smallest absolute Gasteiger partial charge is 0.0396 e. The SMILES string of the molecule is Cc1ccc(C)c(N(C)CC2CN(C)CCN2)c1. The zero-order valence-electron chi connectivity index (χ0n) is 12.0. The van der Waals surface area contributed by atoms with Gasteiger partial charge in [0.15, 0.2) is 0 Å². The van der Waals surface area contributed by atoms with Gasteiger partial charge in [-0.3, -0.25) is 0 Å². The van der Waals surface area contributed by atoms with Gasteiger partial charge in [-0.25, -0.2) is 0 Å². The summed E-state index contributed by atoms with van der Waals surface area (Å²) >= 11 is 0. The maximum absolute atomic E-state index is 3.60. The Balaban J connectivity index is 2.02. The highest BCUT2D eigenvalue weighted by atomic mass is 15.2. The van der Waals surface area contributed by atoms with E-state index in [-0.39, 0.29) is 0 Å². The monoisotopic (exact) mass is 247 g/mol. The zero-order valence-corrected chi connectivity index (χ0v) is 12.0. The number of likely N-dealkylation sites (N-methyl/N-ethyl adjacent to an activating group) is 2. The molecule has 0 aromatic heterocycles. The van der Waals surface area contributed by atoms with E-state index in [0.29, 0.717) is 6.04 Å². The number of rotatable bonds is 3. The minimum atomic E-state index is 0.564. The van der Waals surface area contributed by atoms with Crippen molar-refractivity contribution in [2.45, 2.75) is 19.9 Å². The van der Waals surface area contributed by atoms with E-state index in [1.54, 1.807) is 0 Å². The van der Waals surface area contributed by atoms with E-state index in [1.165, 1.54) is 16.8 Å². The Morgan fingerprint density at radius 3 is 2.89 bits per heavy atom. The van der Waals surface area contributed by atoms with Crippen molar-refractivity contribution in [2.75, 3.05) is 45.2 Å². The van der Waals surface area contributed by atoms with Crippen LogP contribution in [0.3, 0.4) is 0 Å². The first-order valence-electron chi connectivity index (χ1n) is 6.76. The quantitative estimate of drug-likeness (QED) is 0.876. The Hall–Kier alpha value is -1.06. The number of benzene rings is 1. The zero-order chi connectivity index (χ0) is 13.1. The molecule has 3 heteroatoms. The summed E-state index contributed by atoms with van der Waals surface area (Å²) in [6, 6.07) is 7.23. The fourth-order valence-corrected chi connectivity index (χ4v) is 2.67. The minimum Gasteiger partial charge on any atom is -0.373 e. The maximum atomic E-state index is 3.60. The second-order valence-corrected chi connectivity index (χ2v) is 5.58. The predicted octanol–water partition coefficient (Wildman–Crippen LogP) is 1.64. The van der Waals surface area contributed by atoms with Crippen LogP contribution in [0.5, 0.6) is 0 Å². The van der Waals surface area contributed by atoms with Crippen molar-refractivity contribution in [3.63, 3.8) is 0 Å². The number of nitrogens with one attached hydrogen (secondary N) is 1. The largest absolute Gasteiger partial charge is 0.373 e. The van der Waals surface area contributed by atoms with E-state index in [2.05, 4.69) is 61.3 Å². The molecule has 2 rings (SSSR count). The molecule has 18 heavy (non-hydrogen) atoms. The fourth-order valence-electron chi connectivity index (χ4n) is 2.67. The maximum Gasteiger partial charge on any atom is 0.0396 e. The second kappa shape index (κ2) is 5.72. The molecule has 1 aromatic rings. The summed E-state index contributed by atoms with van der Waals surface area (Å²) in [4.78, 5) is 4.78. The first kappa shape index (κ1) is 13.4. The Labute approximate surface area is 111 Å². The fraction of sp³-hybridized carbons (Fsp3) is 0.600. The van der Waals surface area contributed by atoms with Crippen molar-refractivity contribution >= 4 is 5.69 Å². The van der Waals surface area contributed by atoms with E-state index in [4.69, 9.17) is 0 Å². The topological polar surface area (TPSA) is 18.5 Å². The van der Waals surface area contributed by atoms with Gasteiger partial charge in [0.2, 0.25) is 0 Å². The van der Waals surface area contributed by atoms with Crippen LogP contribution in [-0.4, -0.2) is 51.2 Å². The molecule has 1 fully saturated rings.